The van der Waals surface area contributed by atoms with Crippen molar-refractivity contribution in [2.24, 2.45) is 0 Å². The lowest BCUT2D eigenvalue weighted by atomic mass is 10.2. The first-order chi connectivity index (χ1) is 12.5. The summed E-state index contributed by atoms with van der Waals surface area (Å²) in [5.41, 5.74) is 0.518. The Bertz CT molecular complexity index is 969. The standard InChI is InChI=1S/C19H14ClFN2O3/c20-14-5-3-13(4-6-14)12-26-23-11-1-2-17(19(23)25)18(24)22-16-9-7-15(21)8-10-16/h1-11H,12H2,(H,22,24). The number of pyridine rings is 1. The van der Waals surface area contributed by atoms with Gasteiger partial charge in [-0.3, -0.25) is 9.59 Å². The summed E-state index contributed by atoms with van der Waals surface area (Å²) in [4.78, 5) is 30.2. The van der Waals surface area contributed by atoms with Crippen molar-refractivity contribution < 1.29 is 14.0 Å². The summed E-state index contributed by atoms with van der Waals surface area (Å²) in [6.45, 7) is 0.139. The number of amides is 1. The molecule has 7 heteroatoms. The molecule has 0 bridgehead atoms. The van der Waals surface area contributed by atoms with E-state index in [-0.39, 0.29) is 12.2 Å². The molecular formula is C19H14ClFN2O3. The molecule has 0 saturated heterocycles. The highest BCUT2D eigenvalue weighted by Gasteiger charge is 2.13. The van der Waals surface area contributed by atoms with E-state index in [2.05, 4.69) is 5.32 Å². The predicted molar refractivity (Wildman–Crippen MR) is 96.8 cm³/mol. The molecule has 0 radical (unpaired) electrons. The zero-order valence-corrected chi connectivity index (χ0v) is 14.2. The smallest absolute Gasteiger partial charge is 0.295 e. The van der Waals surface area contributed by atoms with E-state index < -0.39 is 17.3 Å². The second-order valence-electron chi connectivity index (χ2n) is 5.41. The van der Waals surface area contributed by atoms with Crippen LogP contribution < -0.4 is 15.7 Å². The van der Waals surface area contributed by atoms with Gasteiger partial charge in [-0.25, -0.2) is 4.39 Å². The minimum atomic E-state index is -0.606. The van der Waals surface area contributed by atoms with E-state index in [1.807, 2.05) is 0 Å². The zero-order chi connectivity index (χ0) is 18.5. The fraction of sp³-hybridized carbons (Fsp3) is 0.0526. The Balaban J connectivity index is 1.73. The Hall–Kier alpha value is -3.12. The highest BCUT2D eigenvalue weighted by atomic mass is 35.5. The van der Waals surface area contributed by atoms with Gasteiger partial charge in [0.25, 0.3) is 11.5 Å². The van der Waals surface area contributed by atoms with Gasteiger partial charge >= 0.3 is 0 Å². The summed E-state index contributed by atoms with van der Waals surface area (Å²) in [6.07, 6.45) is 1.42. The number of hydrogen-bond acceptors (Lipinski definition) is 3. The lowest BCUT2D eigenvalue weighted by molar-refractivity contribution is 0.0863. The molecule has 0 aliphatic carbocycles. The lowest BCUT2D eigenvalue weighted by Gasteiger charge is -2.10. The topological polar surface area (TPSA) is 60.3 Å². The van der Waals surface area contributed by atoms with Gasteiger partial charge in [-0.15, -0.1) is 0 Å². The maximum Gasteiger partial charge on any atom is 0.295 e. The molecule has 0 fully saturated rings. The number of carbonyl (C=O) groups excluding carboxylic acids is 1. The van der Waals surface area contributed by atoms with Gasteiger partial charge in [0.1, 0.15) is 18.0 Å². The minimum Gasteiger partial charge on any atom is -0.406 e. The minimum absolute atomic E-state index is 0.0899. The number of benzene rings is 2. The first kappa shape index (κ1) is 17.7. The van der Waals surface area contributed by atoms with Crippen LogP contribution in [0.4, 0.5) is 10.1 Å². The summed E-state index contributed by atoms with van der Waals surface area (Å²) in [5, 5.41) is 3.15. The van der Waals surface area contributed by atoms with Crippen molar-refractivity contribution in [3.8, 4) is 0 Å². The average Bonchev–Trinajstić information content (AvgIpc) is 2.64. The Kier molecular flexibility index (Phi) is 5.34. The molecule has 0 atom stereocenters. The van der Waals surface area contributed by atoms with Crippen LogP contribution in [0.1, 0.15) is 15.9 Å². The van der Waals surface area contributed by atoms with Gasteiger partial charge in [0, 0.05) is 16.9 Å². The third-order valence-electron chi connectivity index (χ3n) is 3.55. The van der Waals surface area contributed by atoms with Gasteiger partial charge in [0.05, 0.1) is 0 Å². The number of carbonyl (C=O) groups is 1. The number of nitrogens with zero attached hydrogens (tertiary/aromatic N) is 1. The number of nitrogens with one attached hydrogen (secondary N) is 1. The van der Waals surface area contributed by atoms with Gasteiger partial charge in [0.15, 0.2) is 0 Å². The van der Waals surface area contributed by atoms with E-state index in [1.54, 1.807) is 24.3 Å². The molecule has 3 rings (SSSR count). The first-order valence-electron chi connectivity index (χ1n) is 7.69. The summed E-state index contributed by atoms with van der Waals surface area (Å²) in [5.74, 6) is -1.02. The van der Waals surface area contributed by atoms with E-state index in [0.29, 0.717) is 10.7 Å². The van der Waals surface area contributed by atoms with Crippen molar-refractivity contribution in [3.05, 3.63) is 99.2 Å². The number of halogens is 2. The molecule has 1 heterocycles. The molecule has 132 valence electrons. The van der Waals surface area contributed by atoms with E-state index >= 15 is 0 Å². The monoisotopic (exact) mass is 372 g/mol. The molecular weight excluding hydrogens is 359 g/mol. The van der Waals surface area contributed by atoms with E-state index in [1.165, 1.54) is 42.6 Å². The van der Waals surface area contributed by atoms with E-state index in [9.17, 15) is 14.0 Å². The highest BCUT2D eigenvalue weighted by molar-refractivity contribution is 6.30. The Morgan fingerprint density at radius 3 is 2.46 bits per heavy atom. The lowest BCUT2D eigenvalue weighted by Crippen LogP contribution is -2.32. The fourth-order valence-electron chi connectivity index (χ4n) is 2.21. The molecule has 0 aliphatic heterocycles. The van der Waals surface area contributed by atoms with Crippen LogP contribution in [0.15, 0.2) is 71.7 Å². The molecule has 3 aromatic rings. The van der Waals surface area contributed by atoms with Gasteiger partial charge in [-0.05, 0) is 54.1 Å². The van der Waals surface area contributed by atoms with Gasteiger partial charge < -0.3 is 10.2 Å². The third-order valence-corrected chi connectivity index (χ3v) is 3.80. The molecule has 0 aliphatic rings. The van der Waals surface area contributed by atoms with Crippen LogP contribution in [0.3, 0.4) is 0 Å². The Morgan fingerprint density at radius 2 is 1.77 bits per heavy atom. The van der Waals surface area contributed by atoms with E-state index in [0.717, 1.165) is 10.3 Å². The molecule has 1 aromatic heterocycles. The largest absolute Gasteiger partial charge is 0.406 e. The molecule has 0 saturated carbocycles. The molecule has 26 heavy (non-hydrogen) atoms. The van der Waals surface area contributed by atoms with Crippen molar-refractivity contribution in [2.75, 3.05) is 5.32 Å². The molecule has 0 spiro atoms. The first-order valence-corrected chi connectivity index (χ1v) is 8.07. The quantitative estimate of drug-likeness (QED) is 0.745. The van der Waals surface area contributed by atoms with Crippen molar-refractivity contribution in [1.82, 2.24) is 4.73 Å². The molecule has 1 N–H and O–H groups in total. The van der Waals surface area contributed by atoms with Gasteiger partial charge in [0.2, 0.25) is 0 Å². The second kappa shape index (κ2) is 7.84. The summed E-state index contributed by atoms with van der Waals surface area (Å²) in [7, 11) is 0. The molecule has 1 amide bonds. The fourth-order valence-corrected chi connectivity index (χ4v) is 2.33. The van der Waals surface area contributed by atoms with Crippen molar-refractivity contribution in [1.29, 1.82) is 0 Å². The van der Waals surface area contributed by atoms with Crippen LogP contribution in [-0.2, 0) is 6.61 Å². The summed E-state index contributed by atoms with van der Waals surface area (Å²) >= 11 is 5.82. The zero-order valence-electron chi connectivity index (χ0n) is 13.5. The number of rotatable bonds is 5. The average molecular weight is 373 g/mol. The third kappa shape index (κ3) is 4.29. The van der Waals surface area contributed by atoms with Crippen molar-refractivity contribution >= 4 is 23.2 Å². The van der Waals surface area contributed by atoms with Crippen LogP contribution in [0, 0.1) is 5.82 Å². The summed E-state index contributed by atoms with van der Waals surface area (Å²) in [6, 6.07) is 15.2. The maximum absolute atomic E-state index is 12.9. The number of anilines is 1. The molecule has 2 aromatic carbocycles. The SMILES string of the molecule is O=C(Nc1ccc(F)cc1)c1cccn(OCc2ccc(Cl)cc2)c1=O. The number of hydrogen-bond donors (Lipinski definition) is 1. The van der Waals surface area contributed by atoms with Crippen LogP contribution in [0.2, 0.25) is 5.02 Å². The molecule has 5 nitrogen and oxygen atoms in total. The number of aromatic nitrogens is 1. The normalized spacial score (nSPS) is 10.4. The van der Waals surface area contributed by atoms with Gasteiger partial charge in [-0.1, -0.05) is 23.7 Å². The van der Waals surface area contributed by atoms with E-state index in [4.69, 9.17) is 16.4 Å². The molecule has 0 unspecified atom stereocenters. The van der Waals surface area contributed by atoms with Crippen LogP contribution in [-0.4, -0.2) is 10.6 Å². The van der Waals surface area contributed by atoms with Crippen molar-refractivity contribution in [2.45, 2.75) is 6.61 Å². The van der Waals surface area contributed by atoms with Crippen LogP contribution in [0.25, 0.3) is 0 Å². The second-order valence-corrected chi connectivity index (χ2v) is 5.85. The summed E-state index contributed by atoms with van der Waals surface area (Å²) < 4.78 is 13.9. The predicted octanol–water partition coefficient (Wildman–Crippen LogP) is 3.52. The van der Waals surface area contributed by atoms with Crippen LogP contribution >= 0.6 is 11.6 Å². The van der Waals surface area contributed by atoms with Crippen molar-refractivity contribution in [3.63, 3.8) is 0 Å². The van der Waals surface area contributed by atoms with Gasteiger partial charge in [-0.2, -0.15) is 4.73 Å². The van der Waals surface area contributed by atoms with Crippen LogP contribution in [0.5, 0.6) is 0 Å². The maximum atomic E-state index is 12.9. The Morgan fingerprint density at radius 1 is 1.08 bits per heavy atom. The Labute approximate surface area is 153 Å². The highest BCUT2D eigenvalue weighted by Crippen LogP contribution is 2.10.